The third kappa shape index (κ3) is 4.77. The van der Waals surface area contributed by atoms with Crippen LogP contribution in [0.1, 0.15) is 40.2 Å². The molecule has 1 aromatic rings. The number of nitrogens with one attached hydrogen (secondary N) is 2. The van der Waals surface area contributed by atoms with Crippen LogP contribution in [0.4, 0.5) is 5.69 Å². The summed E-state index contributed by atoms with van der Waals surface area (Å²) in [6.07, 6.45) is 2.07. The lowest BCUT2D eigenvalue weighted by Gasteiger charge is -2.32. The molecule has 0 spiro atoms. The standard InChI is InChI=1S/C21H32BN3O3/c1-16(26)24-15-18(22-27-20(2,3)21(4,5)28-22)13-17-7-6-8-19(14-17)25-11-9-23-10-12-25/h6-8,13-14,23H,9-12,15H2,1-5H3,(H,24,26). The molecule has 2 saturated heterocycles. The van der Waals surface area contributed by atoms with Crippen LogP contribution in [0, 0.1) is 0 Å². The Morgan fingerprint density at radius 3 is 2.46 bits per heavy atom. The van der Waals surface area contributed by atoms with Crippen LogP contribution in [0.25, 0.3) is 6.08 Å². The Bertz CT molecular complexity index is 726. The number of benzene rings is 1. The van der Waals surface area contributed by atoms with Crippen molar-refractivity contribution in [2.24, 2.45) is 0 Å². The van der Waals surface area contributed by atoms with Crippen LogP contribution in [0.5, 0.6) is 0 Å². The Hall–Kier alpha value is -1.83. The van der Waals surface area contributed by atoms with E-state index in [-0.39, 0.29) is 5.91 Å². The first kappa shape index (κ1) is 20.9. The van der Waals surface area contributed by atoms with Gasteiger partial charge in [0.15, 0.2) is 0 Å². The zero-order valence-corrected chi connectivity index (χ0v) is 17.7. The summed E-state index contributed by atoms with van der Waals surface area (Å²) in [5, 5.41) is 6.27. The summed E-state index contributed by atoms with van der Waals surface area (Å²) in [6.45, 7) is 14.1. The highest BCUT2D eigenvalue weighted by atomic mass is 16.7. The second kappa shape index (κ2) is 8.27. The van der Waals surface area contributed by atoms with Crippen molar-refractivity contribution >= 4 is 24.8 Å². The number of rotatable bonds is 5. The van der Waals surface area contributed by atoms with Gasteiger partial charge in [0.2, 0.25) is 5.91 Å². The van der Waals surface area contributed by atoms with Gasteiger partial charge in [0.05, 0.1) is 11.2 Å². The number of nitrogens with zero attached hydrogens (tertiary/aromatic N) is 1. The van der Waals surface area contributed by atoms with Gasteiger partial charge in [0.1, 0.15) is 0 Å². The normalized spacial score (nSPS) is 21.7. The van der Waals surface area contributed by atoms with Gasteiger partial charge in [0, 0.05) is 45.3 Å². The summed E-state index contributed by atoms with van der Waals surface area (Å²) in [5.74, 6) is -0.0722. The van der Waals surface area contributed by atoms with Crippen LogP contribution >= 0.6 is 0 Å². The van der Waals surface area contributed by atoms with Crippen molar-refractivity contribution in [3.63, 3.8) is 0 Å². The Morgan fingerprint density at radius 1 is 1.21 bits per heavy atom. The van der Waals surface area contributed by atoms with Crippen molar-refractivity contribution in [1.82, 2.24) is 10.6 Å². The number of hydrogen-bond donors (Lipinski definition) is 2. The third-order valence-corrected chi connectivity index (χ3v) is 5.80. The topological polar surface area (TPSA) is 62.8 Å². The molecular weight excluding hydrogens is 353 g/mol. The molecule has 0 atom stereocenters. The van der Waals surface area contributed by atoms with Gasteiger partial charge in [-0.2, -0.15) is 0 Å². The van der Waals surface area contributed by atoms with Gasteiger partial charge >= 0.3 is 7.12 Å². The molecule has 1 aromatic carbocycles. The molecule has 0 saturated carbocycles. The number of carbonyl (C=O) groups excluding carboxylic acids is 1. The molecule has 1 amide bonds. The monoisotopic (exact) mass is 385 g/mol. The van der Waals surface area contributed by atoms with Crippen LogP contribution in [-0.2, 0) is 14.1 Å². The predicted molar refractivity (Wildman–Crippen MR) is 114 cm³/mol. The van der Waals surface area contributed by atoms with E-state index >= 15 is 0 Å². The Kier molecular flexibility index (Phi) is 6.17. The molecule has 0 radical (unpaired) electrons. The summed E-state index contributed by atoms with van der Waals surface area (Å²) in [4.78, 5) is 13.9. The number of piperazine rings is 1. The molecule has 2 N–H and O–H groups in total. The highest BCUT2D eigenvalue weighted by molar-refractivity contribution is 6.56. The number of amides is 1. The van der Waals surface area contributed by atoms with Crippen molar-refractivity contribution in [3.8, 4) is 0 Å². The number of hydrogen-bond acceptors (Lipinski definition) is 5. The zero-order valence-electron chi connectivity index (χ0n) is 17.7. The summed E-state index contributed by atoms with van der Waals surface area (Å²) >= 11 is 0. The lowest BCUT2D eigenvalue weighted by Crippen LogP contribution is -2.43. The minimum atomic E-state index is -0.486. The van der Waals surface area contributed by atoms with E-state index in [2.05, 4.69) is 45.9 Å². The van der Waals surface area contributed by atoms with Gasteiger partial charge in [-0.1, -0.05) is 18.2 Å². The molecule has 3 rings (SSSR count). The van der Waals surface area contributed by atoms with Crippen LogP contribution in [0.15, 0.2) is 29.7 Å². The van der Waals surface area contributed by atoms with Crippen LogP contribution in [0.2, 0.25) is 0 Å². The van der Waals surface area contributed by atoms with E-state index in [9.17, 15) is 4.79 Å². The summed E-state index contributed by atoms with van der Waals surface area (Å²) in [5.41, 5.74) is 2.35. The fourth-order valence-corrected chi connectivity index (χ4v) is 3.37. The van der Waals surface area contributed by atoms with Gasteiger partial charge in [0.25, 0.3) is 0 Å². The number of anilines is 1. The molecule has 2 fully saturated rings. The molecule has 0 unspecified atom stereocenters. The van der Waals surface area contributed by atoms with E-state index in [4.69, 9.17) is 9.31 Å². The molecule has 152 valence electrons. The first-order valence-corrected chi connectivity index (χ1v) is 10.0. The zero-order chi connectivity index (χ0) is 20.4. The Morgan fingerprint density at radius 2 is 1.86 bits per heavy atom. The quantitative estimate of drug-likeness (QED) is 0.762. The minimum Gasteiger partial charge on any atom is -0.400 e. The van der Waals surface area contributed by atoms with E-state index in [0.717, 1.165) is 37.2 Å². The van der Waals surface area contributed by atoms with Gasteiger partial charge < -0.3 is 24.8 Å². The first-order chi connectivity index (χ1) is 13.2. The minimum absolute atomic E-state index is 0.0722. The molecule has 2 aliphatic heterocycles. The molecule has 28 heavy (non-hydrogen) atoms. The maximum Gasteiger partial charge on any atom is 0.492 e. The number of carbonyl (C=O) groups is 1. The van der Waals surface area contributed by atoms with Crippen LogP contribution in [0.3, 0.4) is 0 Å². The fraction of sp³-hybridized carbons (Fsp3) is 0.571. The highest BCUT2D eigenvalue weighted by Crippen LogP contribution is 2.38. The lowest BCUT2D eigenvalue weighted by molar-refractivity contribution is -0.118. The van der Waals surface area contributed by atoms with E-state index in [1.165, 1.54) is 12.6 Å². The lowest BCUT2D eigenvalue weighted by atomic mass is 9.77. The fourth-order valence-electron chi connectivity index (χ4n) is 3.37. The SMILES string of the molecule is CC(=O)NCC(=Cc1cccc(N2CCNCC2)c1)B1OC(C)(C)C(C)(C)O1. The second-order valence-corrected chi connectivity index (χ2v) is 8.55. The Labute approximate surface area is 168 Å². The summed E-state index contributed by atoms with van der Waals surface area (Å²) in [6, 6.07) is 8.48. The molecule has 2 heterocycles. The second-order valence-electron chi connectivity index (χ2n) is 8.55. The van der Waals surface area contributed by atoms with E-state index < -0.39 is 18.3 Å². The van der Waals surface area contributed by atoms with E-state index in [1.807, 2.05) is 27.7 Å². The van der Waals surface area contributed by atoms with Gasteiger partial charge in [-0.15, -0.1) is 0 Å². The largest absolute Gasteiger partial charge is 0.492 e. The van der Waals surface area contributed by atoms with Crippen LogP contribution < -0.4 is 15.5 Å². The molecular formula is C21H32BN3O3. The van der Waals surface area contributed by atoms with Crippen LogP contribution in [-0.4, -0.2) is 57.0 Å². The summed E-state index contributed by atoms with van der Waals surface area (Å²) in [7, 11) is -0.486. The molecule has 0 aliphatic carbocycles. The van der Waals surface area contributed by atoms with Crippen molar-refractivity contribution in [2.45, 2.75) is 45.8 Å². The first-order valence-electron chi connectivity index (χ1n) is 10.0. The van der Waals surface area contributed by atoms with Crippen molar-refractivity contribution < 1.29 is 14.1 Å². The average Bonchev–Trinajstić information content (AvgIpc) is 2.87. The maximum absolute atomic E-state index is 11.5. The van der Waals surface area contributed by atoms with Gasteiger partial charge in [-0.05, 0) is 50.9 Å². The maximum atomic E-state index is 11.5. The third-order valence-electron chi connectivity index (χ3n) is 5.80. The summed E-state index contributed by atoms with van der Waals surface area (Å²) < 4.78 is 12.4. The highest BCUT2D eigenvalue weighted by Gasteiger charge is 2.52. The molecule has 0 aromatic heterocycles. The van der Waals surface area contributed by atoms with Gasteiger partial charge in [-0.25, -0.2) is 0 Å². The molecule has 6 nitrogen and oxygen atoms in total. The predicted octanol–water partition coefficient (Wildman–Crippen LogP) is 2.25. The van der Waals surface area contributed by atoms with Crippen molar-refractivity contribution in [2.75, 3.05) is 37.6 Å². The van der Waals surface area contributed by atoms with E-state index in [0.29, 0.717) is 6.54 Å². The average molecular weight is 385 g/mol. The Balaban J connectivity index is 1.86. The molecule has 2 aliphatic rings. The molecule has 0 bridgehead atoms. The smallest absolute Gasteiger partial charge is 0.400 e. The van der Waals surface area contributed by atoms with Gasteiger partial charge in [-0.3, -0.25) is 4.79 Å². The van der Waals surface area contributed by atoms with Crippen molar-refractivity contribution in [1.29, 1.82) is 0 Å². The van der Waals surface area contributed by atoms with Crippen molar-refractivity contribution in [3.05, 3.63) is 35.3 Å². The van der Waals surface area contributed by atoms with E-state index in [1.54, 1.807) is 0 Å². The molecule has 7 heteroatoms.